The van der Waals surface area contributed by atoms with Gasteiger partial charge in [-0.1, -0.05) is 26.8 Å². The van der Waals surface area contributed by atoms with Crippen molar-refractivity contribution in [1.29, 1.82) is 0 Å². The molecule has 0 aliphatic carbocycles. The van der Waals surface area contributed by atoms with E-state index in [1.807, 2.05) is 25.1 Å². The van der Waals surface area contributed by atoms with Crippen molar-refractivity contribution in [3.63, 3.8) is 0 Å². The van der Waals surface area contributed by atoms with Gasteiger partial charge in [0.25, 0.3) is 0 Å². The average Bonchev–Trinajstić information content (AvgIpc) is 2.88. The van der Waals surface area contributed by atoms with Crippen LogP contribution in [0.5, 0.6) is 0 Å². The third-order valence-electron chi connectivity index (χ3n) is 3.14. The molecule has 0 spiro atoms. The van der Waals surface area contributed by atoms with Crippen LogP contribution in [-0.4, -0.2) is 28.4 Å². The Bertz CT molecular complexity index is 631. The van der Waals surface area contributed by atoms with Crippen molar-refractivity contribution in [2.45, 2.75) is 39.3 Å². The normalized spacial score (nSPS) is 12.0. The number of rotatable bonds is 5. The van der Waals surface area contributed by atoms with E-state index in [2.05, 4.69) is 35.4 Å². The monoisotopic (exact) mass is 322 g/mol. The first kappa shape index (κ1) is 16.8. The van der Waals surface area contributed by atoms with Crippen molar-refractivity contribution >= 4 is 16.7 Å². The highest BCUT2D eigenvalue weighted by Gasteiger charge is 2.19. The molecule has 0 amide bonds. The molecule has 0 aliphatic heterocycles. The molecule has 1 N–H and O–H groups in total. The van der Waals surface area contributed by atoms with Gasteiger partial charge in [-0.15, -0.1) is 0 Å². The highest BCUT2D eigenvalue weighted by Crippen LogP contribution is 2.23. The van der Waals surface area contributed by atoms with E-state index in [1.165, 1.54) is 17.6 Å². The summed E-state index contributed by atoms with van der Waals surface area (Å²) in [6.07, 6.45) is 0. The second kappa shape index (κ2) is 6.71. The standard InChI is InChI=1S/C16H23FN4S/c1-16(2,3)14-19-15(22-20-14)18-9-11-6-7-13(17)12(8-11)10-21(4)5/h6-8H,9-10H2,1-5H3,(H,18,19,20). The van der Waals surface area contributed by atoms with Crippen LogP contribution in [0.3, 0.4) is 0 Å². The summed E-state index contributed by atoms with van der Waals surface area (Å²) in [6.45, 7) is 7.47. The van der Waals surface area contributed by atoms with E-state index in [-0.39, 0.29) is 11.2 Å². The van der Waals surface area contributed by atoms with Crippen LogP contribution in [0, 0.1) is 5.82 Å². The van der Waals surface area contributed by atoms with Gasteiger partial charge in [-0.05, 0) is 31.8 Å². The Labute approximate surface area is 135 Å². The summed E-state index contributed by atoms with van der Waals surface area (Å²) in [5.74, 6) is 0.677. The molecule has 0 saturated heterocycles. The van der Waals surface area contributed by atoms with Gasteiger partial charge in [-0.3, -0.25) is 0 Å². The van der Waals surface area contributed by atoms with Gasteiger partial charge >= 0.3 is 0 Å². The molecular formula is C16H23FN4S. The van der Waals surface area contributed by atoms with Gasteiger partial charge in [0.15, 0.2) is 0 Å². The number of hydrogen-bond donors (Lipinski definition) is 1. The van der Waals surface area contributed by atoms with Gasteiger partial charge in [0.05, 0.1) is 0 Å². The van der Waals surface area contributed by atoms with Crippen molar-refractivity contribution in [3.05, 3.63) is 41.0 Å². The van der Waals surface area contributed by atoms with Crippen LogP contribution in [0.4, 0.5) is 9.52 Å². The average molecular weight is 322 g/mol. The van der Waals surface area contributed by atoms with Crippen molar-refractivity contribution in [2.24, 2.45) is 0 Å². The van der Waals surface area contributed by atoms with E-state index >= 15 is 0 Å². The second-order valence-electron chi connectivity index (χ2n) is 6.69. The first-order chi connectivity index (χ1) is 10.3. The van der Waals surface area contributed by atoms with Gasteiger partial charge in [-0.2, -0.15) is 4.37 Å². The maximum Gasteiger partial charge on any atom is 0.202 e. The van der Waals surface area contributed by atoms with Crippen LogP contribution in [0.1, 0.15) is 37.7 Å². The molecule has 6 heteroatoms. The fourth-order valence-electron chi connectivity index (χ4n) is 1.98. The summed E-state index contributed by atoms with van der Waals surface area (Å²) >= 11 is 1.36. The summed E-state index contributed by atoms with van der Waals surface area (Å²) < 4.78 is 18.1. The topological polar surface area (TPSA) is 41.0 Å². The lowest BCUT2D eigenvalue weighted by Crippen LogP contribution is -2.13. The van der Waals surface area contributed by atoms with E-state index in [1.54, 1.807) is 6.07 Å². The van der Waals surface area contributed by atoms with E-state index < -0.39 is 0 Å². The Kier molecular flexibility index (Phi) is 5.13. The number of hydrogen-bond acceptors (Lipinski definition) is 5. The molecule has 120 valence electrons. The minimum Gasteiger partial charge on any atom is -0.356 e. The SMILES string of the molecule is CN(C)Cc1cc(CNc2nc(C(C)(C)C)ns2)ccc1F. The zero-order valence-electron chi connectivity index (χ0n) is 13.8. The van der Waals surface area contributed by atoms with Crippen LogP contribution < -0.4 is 5.32 Å². The smallest absolute Gasteiger partial charge is 0.202 e. The number of aromatic nitrogens is 2. The summed E-state index contributed by atoms with van der Waals surface area (Å²) in [7, 11) is 3.86. The molecule has 1 aromatic heterocycles. The number of nitrogens with zero attached hydrogens (tertiary/aromatic N) is 3. The highest BCUT2D eigenvalue weighted by molar-refractivity contribution is 7.09. The molecule has 2 aromatic rings. The van der Waals surface area contributed by atoms with Gasteiger partial charge in [0.1, 0.15) is 11.6 Å². The largest absolute Gasteiger partial charge is 0.356 e. The molecule has 2 rings (SSSR count). The van der Waals surface area contributed by atoms with Gasteiger partial charge in [0.2, 0.25) is 5.13 Å². The number of anilines is 1. The summed E-state index contributed by atoms with van der Waals surface area (Å²) in [4.78, 5) is 6.45. The first-order valence-corrected chi connectivity index (χ1v) is 8.03. The molecule has 0 saturated carbocycles. The Morgan fingerprint density at radius 3 is 2.59 bits per heavy atom. The van der Waals surface area contributed by atoms with Crippen molar-refractivity contribution < 1.29 is 4.39 Å². The zero-order valence-corrected chi connectivity index (χ0v) is 14.6. The van der Waals surface area contributed by atoms with Crippen molar-refractivity contribution in [2.75, 3.05) is 19.4 Å². The molecule has 0 fully saturated rings. The predicted octanol–water partition coefficient (Wildman–Crippen LogP) is 3.65. The minimum absolute atomic E-state index is 0.0504. The molecule has 4 nitrogen and oxygen atoms in total. The van der Waals surface area contributed by atoms with Crippen LogP contribution in [0.2, 0.25) is 0 Å². The van der Waals surface area contributed by atoms with Crippen LogP contribution in [0.25, 0.3) is 0 Å². The van der Waals surface area contributed by atoms with Crippen LogP contribution in [0.15, 0.2) is 18.2 Å². The number of nitrogens with one attached hydrogen (secondary N) is 1. The molecular weight excluding hydrogens is 299 g/mol. The molecule has 0 unspecified atom stereocenters. The number of benzene rings is 1. The fourth-order valence-corrected chi connectivity index (χ4v) is 2.73. The predicted molar refractivity (Wildman–Crippen MR) is 89.7 cm³/mol. The number of halogens is 1. The molecule has 0 radical (unpaired) electrons. The quantitative estimate of drug-likeness (QED) is 0.912. The van der Waals surface area contributed by atoms with Crippen LogP contribution in [-0.2, 0) is 18.5 Å². The molecule has 0 atom stereocenters. The summed E-state index contributed by atoms with van der Waals surface area (Å²) in [5, 5.41) is 4.06. The maximum atomic E-state index is 13.8. The second-order valence-corrected chi connectivity index (χ2v) is 7.44. The molecule has 1 aromatic carbocycles. The van der Waals surface area contributed by atoms with Crippen LogP contribution >= 0.6 is 11.5 Å². The lowest BCUT2D eigenvalue weighted by atomic mass is 9.96. The van der Waals surface area contributed by atoms with Gasteiger partial charge < -0.3 is 10.2 Å². The fraction of sp³-hybridized carbons (Fsp3) is 0.500. The van der Waals surface area contributed by atoms with Gasteiger partial charge in [0, 0.05) is 35.6 Å². The highest BCUT2D eigenvalue weighted by atomic mass is 32.1. The van der Waals surface area contributed by atoms with Crippen molar-refractivity contribution in [1.82, 2.24) is 14.3 Å². The lowest BCUT2D eigenvalue weighted by Gasteiger charge is -2.13. The molecule has 1 heterocycles. The summed E-state index contributed by atoms with van der Waals surface area (Å²) in [6, 6.07) is 5.22. The first-order valence-electron chi connectivity index (χ1n) is 7.26. The third-order valence-corrected chi connectivity index (χ3v) is 3.81. The van der Waals surface area contributed by atoms with E-state index in [0.29, 0.717) is 18.7 Å². The van der Waals surface area contributed by atoms with E-state index in [4.69, 9.17) is 0 Å². The lowest BCUT2D eigenvalue weighted by molar-refractivity contribution is 0.392. The summed E-state index contributed by atoms with van der Waals surface area (Å²) in [5.41, 5.74) is 1.69. The van der Waals surface area contributed by atoms with E-state index in [9.17, 15) is 4.39 Å². The molecule has 0 bridgehead atoms. The Balaban J connectivity index is 2.04. The maximum absolute atomic E-state index is 13.8. The van der Waals surface area contributed by atoms with E-state index in [0.717, 1.165) is 16.5 Å². The van der Waals surface area contributed by atoms with Crippen molar-refractivity contribution in [3.8, 4) is 0 Å². The Hall–Kier alpha value is -1.53. The Morgan fingerprint density at radius 2 is 2.00 bits per heavy atom. The molecule has 22 heavy (non-hydrogen) atoms. The zero-order chi connectivity index (χ0) is 16.3. The Morgan fingerprint density at radius 1 is 1.27 bits per heavy atom. The third kappa shape index (κ3) is 4.48. The minimum atomic E-state index is -0.164. The molecule has 0 aliphatic rings. The van der Waals surface area contributed by atoms with Gasteiger partial charge in [-0.25, -0.2) is 9.37 Å².